The van der Waals surface area contributed by atoms with Gasteiger partial charge in [-0.2, -0.15) is 0 Å². The van der Waals surface area contributed by atoms with Gasteiger partial charge in [0.05, 0.1) is 5.56 Å². The van der Waals surface area contributed by atoms with Crippen molar-refractivity contribution in [1.82, 2.24) is 5.32 Å². The van der Waals surface area contributed by atoms with Crippen molar-refractivity contribution in [2.75, 3.05) is 0 Å². The Morgan fingerprint density at radius 1 is 1.42 bits per heavy atom. The maximum absolute atomic E-state index is 13.9. The van der Waals surface area contributed by atoms with Gasteiger partial charge >= 0.3 is 0 Å². The summed E-state index contributed by atoms with van der Waals surface area (Å²) in [4.78, 5) is 10.7. The molecular formula is C11H14F2N2O3S. The van der Waals surface area contributed by atoms with Gasteiger partial charge in [-0.05, 0) is 25.5 Å². The number of benzene rings is 1. The fourth-order valence-corrected chi connectivity index (χ4v) is 1.98. The molecule has 0 fully saturated rings. The van der Waals surface area contributed by atoms with Gasteiger partial charge in [-0.3, -0.25) is 4.79 Å². The van der Waals surface area contributed by atoms with Crippen LogP contribution in [0.25, 0.3) is 0 Å². The van der Waals surface area contributed by atoms with Crippen molar-refractivity contribution in [3.63, 3.8) is 0 Å². The fourth-order valence-electron chi connectivity index (χ4n) is 1.34. The Morgan fingerprint density at radius 3 is 2.47 bits per heavy atom. The van der Waals surface area contributed by atoms with Crippen molar-refractivity contribution in [1.29, 1.82) is 0 Å². The lowest BCUT2D eigenvalue weighted by atomic mass is 10.1. The first-order chi connectivity index (χ1) is 8.66. The molecule has 5 nitrogen and oxygen atoms in total. The molecule has 0 aromatic heterocycles. The quantitative estimate of drug-likeness (QED) is 0.872. The Morgan fingerprint density at radius 2 is 2.00 bits per heavy atom. The number of carbonyl (C=O) groups excluding carboxylic acids is 1. The van der Waals surface area contributed by atoms with Gasteiger partial charge in [0.15, 0.2) is 5.82 Å². The second-order valence-corrected chi connectivity index (χ2v) is 5.62. The van der Waals surface area contributed by atoms with E-state index in [9.17, 15) is 22.0 Å². The van der Waals surface area contributed by atoms with E-state index in [4.69, 9.17) is 5.14 Å². The average molecular weight is 292 g/mol. The molecule has 0 bridgehead atoms. The lowest BCUT2D eigenvalue weighted by Crippen LogP contribution is -2.33. The monoisotopic (exact) mass is 292 g/mol. The van der Waals surface area contributed by atoms with Crippen LogP contribution in [0.5, 0.6) is 0 Å². The Labute approximate surface area is 109 Å². The molecule has 106 valence electrons. The summed E-state index contributed by atoms with van der Waals surface area (Å²) in [5, 5.41) is 7.17. The van der Waals surface area contributed by atoms with Crippen LogP contribution in [0.4, 0.5) is 8.78 Å². The summed E-state index contributed by atoms with van der Waals surface area (Å²) in [6.07, 6.45) is 0.588. The summed E-state index contributed by atoms with van der Waals surface area (Å²) < 4.78 is 49.3. The number of halogens is 2. The van der Waals surface area contributed by atoms with E-state index in [1.54, 1.807) is 13.8 Å². The van der Waals surface area contributed by atoms with Crippen LogP contribution in [0.3, 0.4) is 0 Å². The van der Waals surface area contributed by atoms with Gasteiger partial charge in [0.2, 0.25) is 10.0 Å². The molecule has 0 aliphatic carbocycles. The van der Waals surface area contributed by atoms with E-state index in [-0.39, 0.29) is 6.04 Å². The lowest BCUT2D eigenvalue weighted by molar-refractivity contribution is 0.0934. The molecule has 0 heterocycles. The zero-order chi connectivity index (χ0) is 14.8. The number of hydrogen-bond donors (Lipinski definition) is 2. The first-order valence-electron chi connectivity index (χ1n) is 5.49. The number of carbonyl (C=O) groups is 1. The van der Waals surface area contributed by atoms with E-state index in [2.05, 4.69) is 5.32 Å². The van der Waals surface area contributed by atoms with Crippen molar-refractivity contribution in [3.05, 3.63) is 29.3 Å². The fraction of sp³-hybridized carbons (Fsp3) is 0.364. The van der Waals surface area contributed by atoms with Gasteiger partial charge in [-0.15, -0.1) is 0 Å². The van der Waals surface area contributed by atoms with Crippen LogP contribution < -0.4 is 10.5 Å². The van der Waals surface area contributed by atoms with Crippen LogP contribution in [0.1, 0.15) is 30.6 Å². The summed E-state index contributed by atoms with van der Waals surface area (Å²) >= 11 is 0. The van der Waals surface area contributed by atoms with Crippen LogP contribution in [-0.4, -0.2) is 20.4 Å². The van der Waals surface area contributed by atoms with E-state index in [1.165, 1.54) is 0 Å². The first kappa shape index (κ1) is 15.5. The van der Waals surface area contributed by atoms with E-state index in [1.807, 2.05) is 0 Å². The lowest BCUT2D eigenvalue weighted by Gasteiger charge is -2.13. The van der Waals surface area contributed by atoms with Crippen molar-refractivity contribution in [2.45, 2.75) is 31.2 Å². The molecule has 1 amide bonds. The number of nitrogens with one attached hydrogen (secondary N) is 1. The number of primary sulfonamides is 1. The van der Waals surface area contributed by atoms with Gasteiger partial charge < -0.3 is 5.32 Å². The molecule has 0 saturated carbocycles. The third-order valence-electron chi connectivity index (χ3n) is 2.55. The smallest absolute Gasteiger partial charge is 0.254 e. The number of hydrogen-bond acceptors (Lipinski definition) is 3. The molecule has 0 aliphatic heterocycles. The average Bonchev–Trinajstić information content (AvgIpc) is 2.29. The highest BCUT2D eigenvalue weighted by Gasteiger charge is 2.23. The van der Waals surface area contributed by atoms with Crippen molar-refractivity contribution in [3.8, 4) is 0 Å². The molecule has 1 unspecified atom stereocenters. The summed E-state index contributed by atoms with van der Waals surface area (Å²) in [5.74, 6) is -3.30. The molecule has 0 spiro atoms. The van der Waals surface area contributed by atoms with Gasteiger partial charge in [-0.25, -0.2) is 22.3 Å². The van der Waals surface area contributed by atoms with E-state index in [0.29, 0.717) is 18.6 Å². The largest absolute Gasteiger partial charge is 0.350 e. The molecule has 8 heteroatoms. The molecule has 0 radical (unpaired) electrons. The predicted molar refractivity (Wildman–Crippen MR) is 65.0 cm³/mol. The molecule has 1 atom stereocenters. The van der Waals surface area contributed by atoms with Crippen molar-refractivity contribution >= 4 is 15.9 Å². The summed E-state index contributed by atoms with van der Waals surface area (Å²) in [7, 11) is -4.44. The minimum atomic E-state index is -4.44. The van der Waals surface area contributed by atoms with Gasteiger partial charge in [0, 0.05) is 6.04 Å². The summed E-state index contributed by atoms with van der Waals surface area (Å²) in [6, 6.07) is 0.806. The number of amides is 1. The van der Waals surface area contributed by atoms with E-state index in [0.717, 1.165) is 0 Å². The molecule has 1 aromatic rings. The Bertz CT molecular complexity index is 602. The summed E-state index contributed by atoms with van der Waals surface area (Å²) in [6.45, 7) is 3.47. The second kappa shape index (κ2) is 5.62. The summed E-state index contributed by atoms with van der Waals surface area (Å²) in [5.41, 5.74) is -0.690. The molecule has 19 heavy (non-hydrogen) atoms. The molecule has 0 saturated heterocycles. The minimum Gasteiger partial charge on any atom is -0.350 e. The van der Waals surface area contributed by atoms with Crippen molar-refractivity contribution < 1.29 is 22.0 Å². The predicted octanol–water partition coefficient (Wildman–Crippen LogP) is 1.14. The highest BCUT2D eigenvalue weighted by molar-refractivity contribution is 7.89. The Balaban J connectivity index is 3.30. The first-order valence-corrected chi connectivity index (χ1v) is 7.04. The molecule has 0 aliphatic rings. The SMILES string of the molecule is CCC(C)NC(=O)c1cc(F)cc(S(N)(=O)=O)c1F. The van der Waals surface area contributed by atoms with Crippen LogP contribution in [0, 0.1) is 11.6 Å². The normalized spacial score (nSPS) is 13.1. The standard InChI is InChI=1S/C11H14F2N2O3S/c1-3-6(2)15-11(16)8-4-7(12)5-9(10(8)13)19(14,17)18/h4-6H,3H2,1-2H3,(H,15,16)(H2,14,17,18). The van der Waals surface area contributed by atoms with Crippen LogP contribution in [-0.2, 0) is 10.0 Å². The number of nitrogens with two attached hydrogens (primary N) is 1. The molecule has 1 rings (SSSR count). The zero-order valence-corrected chi connectivity index (χ0v) is 11.2. The van der Waals surface area contributed by atoms with Crippen LogP contribution in [0.2, 0.25) is 0 Å². The highest BCUT2D eigenvalue weighted by atomic mass is 32.2. The molecule has 1 aromatic carbocycles. The van der Waals surface area contributed by atoms with Gasteiger partial charge in [-0.1, -0.05) is 6.92 Å². The maximum atomic E-state index is 13.9. The maximum Gasteiger partial charge on any atom is 0.254 e. The van der Waals surface area contributed by atoms with Crippen LogP contribution >= 0.6 is 0 Å². The topological polar surface area (TPSA) is 89.3 Å². The molecular weight excluding hydrogens is 278 g/mol. The Hall–Kier alpha value is -1.54. The highest BCUT2D eigenvalue weighted by Crippen LogP contribution is 2.19. The van der Waals surface area contributed by atoms with E-state index < -0.39 is 38.0 Å². The van der Waals surface area contributed by atoms with Crippen LogP contribution in [0.15, 0.2) is 17.0 Å². The number of sulfonamides is 1. The van der Waals surface area contributed by atoms with Crippen molar-refractivity contribution in [2.24, 2.45) is 5.14 Å². The second-order valence-electron chi connectivity index (χ2n) is 4.09. The van der Waals surface area contributed by atoms with Gasteiger partial charge in [0.25, 0.3) is 5.91 Å². The van der Waals surface area contributed by atoms with Gasteiger partial charge in [0.1, 0.15) is 10.7 Å². The molecule has 3 N–H and O–H groups in total. The minimum absolute atomic E-state index is 0.256. The third kappa shape index (κ3) is 3.71. The van der Waals surface area contributed by atoms with E-state index >= 15 is 0 Å². The Kier molecular flexibility index (Phi) is 4.59. The third-order valence-corrected chi connectivity index (χ3v) is 3.46. The zero-order valence-electron chi connectivity index (χ0n) is 10.4. The number of rotatable bonds is 4.